The van der Waals surface area contributed by atoms with Crippen molar-refractivity contribution in [2.75, 3.05) is 6.54 Å². The van der Waals surface area contributed by atoms with Crippen LogP contribution < -0.4 is 21.7 Å². The van der Waals surface area contributed by atoms with Crippen molar-refractivity contribution in [2.24, 2.45) is 5.73 Å². The molecule has 38 heavy (non-hydrogen) atoms. The number of carboxylic acid groups (broad SMARTS) is 2. The molecule has 0 aliphatic rings. The zero-order valence-electron chi connectivity index (χ0n) is 20.3. The number of carboxylic acids is 2. The molecular weight excluding hydrogens is 498 g/mol. The van der Waals surface area contributed by atoms with Crippen LogP contribution in [0.15, 0.2) is 43.0 Å². The van der Waals surface area contributed by atoms with E-state index in [0.29, 0.717) is 5.69 Å². The molecule has 0 bridgehead atoms. The fourth-order valence-electron chi connectivity index (χ4n) is 3.88. The summed E-state index contributed by atoms with van der Waals surface area (Å²) in [7, 11) is 0. The van der Waals surface area contributed by atoms with E-state index >= 15 is 0 Å². The maximum atomic E-state index is 13.4. The Morgan fingerprint density at radius 3 is 2.24 bits per heavy atom. The molecule has 9 N–H and O–H groups in total. The van der Waals surface area contributed by atoms with Crippen LogP contribution >= 0.6 is 0 Å². The number of rotatable bonds is 14. The summed E-state index contributed by atoms with van der Waals surface area (Å²) in [4.78, 5) is 70.8. The topological polar surface area (TPSA) is 232 Å². The van der Waals surface area contributed by atoms with Gasteiger partial charge >= 0.3 is 11.9 Å². The highest BCUT2D eigenvalue weighted by Gasteiger charge is 2.30. The van der Waals surface area contributed by atoms with E-state index in [4.69, 9.17) is 10.8 Å². The number of aromatic amines is 2. The second-order valence-electron chi connectivity index (χ2n) is 8.56. The van der Waals surface area contributed by atoms with Crippen molar-refractivity contribution in [2.45, 2.75) is 43.8 Å². The number of aliphatic carboxylic acids is 2. The van der Waals surface area contributed by atoms with Crippen LogP contribution in [0.4, 0.5) is 0 Å². The average Bonchev–Trinajstić information content (AvgIpc) is 3.55. The zero-order valence-corrected chi connectivity index (χ0v) is 20.3. The molecule has 3 aromatic rings. The monoisotopic (exact) mass is 527 g/mol. The first kappa shape index (κ1) is 27.9. The van der Waals surface area contributed by atoms with Crippen LogP contribution in [-0.2, 0) is 36.8 Å². The molecule has 0 saturated carbocycles. The molecule has 0 radical (unpaired) electrons. The maximum Gasteiger partial charge on any atom is 0.326 e. The number of nitrogens with zero attached hydrogens (tertiary/aromatic N) is 1. The van der Waals surface area contributed by atoms with Crippen LogP contribution in [0, 0.1) is 0 Å². The van der Waals surface area contributed by atoms with Gasteiger partial charge in [0.2, 0.25) is 17.7 Å². The molecule has 0 fully saturated rings. The molecule has 0 aliphatic heterocycles. The molecule has 3 unspecified atom stereocenters. The SMILES string of the molecule is NCC(=O)NC(Cc1c[nH]c2ccccc12)C(=O)NC(Cc1cnc[nH]1)C(=O)NC(CCC(=O)O)C(=O)O. The van der Waals surface area contributed by atoms with Crippen LogP contribution in [0.5, 0.6) is 0 Å². The predicted octanol–water partition coefficient (Wildman–Crippen LogP) is -0.961. The predicted molar refractivity (Wildman–Crippen MR) is 134 cm³/mol. The Bertz CT molecular complexity index is 1290. The second-order valence-corrected chi connectivity index (χ2v) is 8.56. The lowest BCUT2D eigenvalue weighted by Gasteiger charge is -2.24. The summed E-state index contributed by atoms with van der Waals surface area (Å²) in [5.74, 6) is -4.77. The molecule has 14 nitrogen and oxygen atoms in total. The van der Waals surface area contributed by atoms with Gasteiger partial charge in [-0.3, -0.25) is 19.2 Å². The summed E-state index contributed by atoms with van der Waals surface area (Å²) in [5, 5.41) is 26.6. The number of amides is 3. The van der Waals surface area contributed by atoms with Gasteiger partial charge in [0.1, 0.15) is 18.1 Å². The van der Waals surface area contributed by atoms with Gasteiger partial charge < -0.3 is 41.9 Å². The number of carbonyl (C=O) groups excluding carboxylic acids is 3. The van der Waals surface area contributed by atoms with Crippen molar-refractivity contribution in [1.29, 1.82) is 0 Å². The largest absolute Gasteiger partial charge is 0.481 e. The lowest BCUT2D eigenvalue weighted by molar-refractivity contribution is -0.143. The van der Waals surface area contributed by atoms with Gasteiger partial charge in [-0.05, 0) is 18.1 Å². The van der Waals surface area contributed by atoms with Crippen LogP contribution in [0.2, 0.25) is 0 Å². The number of carbonyl (C=O) groups is 5. The first-order chi connectivity index (χ1) is 18.2. The minimum Gasteiger partial charge on any atom is -0.481 e. The molecule has 2 heterocycles. The molecule has 0 saturated heterocycles. The van der Waals surface area contributed by atoms with Crippen LogP contribution in [0.3, 0.4) is 0 Å². The number of fused-ring (bicyclic) bond motifs is 1. The number of hydrogen-bond donors (Lipinski definition) is 8. The van der Waals surface area contributed by atoms with Crippen molar-refractivity contribution in [3.63, 3.8) is 0 Å². The number of H-pyrrole nitrogens is 2. The standard InChI is InChI=1S/C24H29N7O7/c25-9-20(32)29-18(7-13-10-27-16-4-2-1-3-15(13)16)22(35)31-19(8-14-11-26-12-28-14)23(36)30-17(24(37)38)5-6-21(33)34/h1-4,10-12,17-19,27H,5-9,25H2,(H,26,28)(H,29,32)(H,30,36)(H,31,35)(H,33,34)(H,37,38). The summed E-state index contributed by atoms with van der Waals surface area (Å²) in [6.45, 7) is -0.362. The van der Waals surface area contributed by atoms with E-state index in [1.807, 2.05) is 24.3 Å². The van der Waals surface area contributed by atoms with Gasteiger partial charge in [0.15, 0.2) is 0 Å². The molecule has 2 aromatic heterocycles. The van der Waals surface area contributed by atoms with Crippen molar-refractivity contribution in [1.82, 2.24) is 30.9 Å². The van der Waals surface area contributed by atoms with Crippen LogP contribution in [0.25, 0.3) is 10.9 Å². The van der Waals surface area contributed by atoms with E-state index in [2.05, 4.69) is 30.9 Å². The number of para-hydroxylation sites is 1. The number of aromatic nitrogens is 3. The van der Waals surface area contributed by atoms with Crippen molar-refractivity contribution in [3.05, 3.63) is 54.2 Å². The van der Waals surface area contributed by atoms with E-state index < -0.39 is 54.2 Å². The van der Waals surface area contributed by atoms with Crippen LogP contribution in [-0.4, -0.2) is 79.5 Å². The minimum absolute atomic E-state index is 0.0759. The number of nitrogens with one attached hydrogen (secondary N) is 5. The number of benzene rings is 1. The van der Waals surface area contributed by atoms with E-state index in [1.165, 1.54) is 12.5 Å². The van der Waals surface area contributed by atoms with Gasteiger partial charge in [-0.15, -0.1) is 0 Å². The third-order valence-electron chi connectivity index (χ3n) is 5.81. The van der Waals surface area contributed by atoms with E-state index in [1.54, 1.807) is 6.20 Å². The van der Waals surface area contributed by atoms with Gasteiger partial charge in [0.25, 0.3) is 0 Å². The molecular formula is C24H29N7O7. The van der Waals surface area contributed by atoms with Gasteiger partial charge in [-0.1, -0.05) is 18.2 Å². The van der Waals surface area contributed by atoms with E-state index in [9.17, 15) is 29.1 Å². The molecule has 3 atom stereocenters. The molecule has 3 amide bonds. The summed E-state index contributed by atoms with van der Waals surface area (Å²) in [5.41, 5.74) is 7.49. The van der Waals surface area contributed by atoms with Gasteiger partial charge in [-0.2, -0.15) is 0 Å². The molecule has 3 rings (SSSR count). The highest BCUT2D eigenvalue weighted by molar-refractivity contribution is 5.94. The van der Waals surface area contributed by atoms with E-state index in [-0.39, 0.29) is 25.8 Å². The van der Waals surface area contributed by atoms with Gasteiger partial charge in [0, 0.05) is 48.3 Å². The molecule has 202 valence electrons. The van der Waals surface area contributed by atoms with E-state index in [0.717, 1.165) is 16.5 Å². The lowest BCUT2D eigenvalue weighted by Crippen LogP contribution is -2.57. The normalized spacial score (nSPS) is 13.3. The lowest BCUT2D eigenvalue weighted by atomic mass is 10.0. The first-order valence-corrected chi connectivity index (χ1v) is 11.7. The van der Waals surface area contributed by atoms with Crippen molar-refractivity contribution in [3.8, 4) is 0 Å². The Kier molecular flexibility index (Phi) is 9.54. The summed E-state index contributed by atoms with van der Waals surface area (Å²) in [6, 6.07) is 3.54. The van der Waals surface area contributed by atoms with Crippen LogP contribution in [0.1, 0.15) is 24.1 Å². The summed E-state index contributed by atoms with van der Waals surface area (Å²) >= 11 is 0. The summed E-state index contributed by atoms with van der Waals surface area (Å²) in [6.07, 6.45) is 3.70. The Morgan fingerprint density at radius 1 is 0.921 bits per heavy atom. The number of imidazole rings is 1. The second kappa shape index (κ2) is 13.0. The number of hydrogen-bond acceptors (Lipinski definition) is 7. The quantitative estimate of drug-likeness (QED) is 0.129. The third-order valence-corrected chi connectivity index (χ3v) is 5.81. The fourth-order valence-corrected chi connectivity index (χ4v) is 3.88. The molecule has 14 heteroatoms. The minimum atomic E-state index is -1.49. The van der Waals surface area contributed by atoms with Gasteiger partial charge in [0.05, 0.1) is 12.9 Å². The zero-order chi connectivity index (χ0) is 27.7. The fraction of sp³-hybridized carbons (Fsp3) is 0.333. The Balaban J connectivity index is 1.82. The Labute approximate surface area is 216 Å². The number of nitrogens with two attached hydrogens (primary N) is 1. The summed E-state index contributed by atoms with van der Waals surface area (Å²) < 4.78 is 0. The Morgan fingerprint density at radius 2 is 1.61 bits per heavy atom. The Hall–Kier alpha value is -4.72. The average molecular weight is 528 g/mol. The van der Waals surface area contributed by atoms with Crippen molar-refractivity contribution < 1.29 is 34.2 Å². The van der Waals surface area contributed by atoms with Gasteiger partial charge in [-0.25, -0.2) is 9.78 Å². The first-order valence-electron chi connectivity index (χ1n) is 11.7. The molecule has 1 aromatic carbocycles. The molecule has 0 spiro atoms. The smallest absolute Gasteiger partial charge is 0.326 e. The van der Waals surface area contributed by atoms with Crippen molar-refractivity contribution >= 4 is 40.6 Å². The third kappa shape index (κ3) is 7.64. The highest BCUT2D eigenvalue weighted by Crippen LogP contribution is 2.19. The maximum absolute atomic E-state index is 13.4. The molecule has 0 aliphatic carbocycles. The highest BCUT2D eigenvalue weighted by atomic mass is 16.4.